The molecular weight excluding hydrogens is 366 g/mol. The molecule has 2 saturated heterocycles. The maximum absolute atomic E-state index is 5.51. The van der Waals surface area contributed by atoms with Gasteiger partial charge in [0.1, 0.15) is 11.6 Å². The third kappa shape index (κ3) is 3.04. The molecule has 0 amide bonds. The molecule has 29 heavy (non-hydrogen) atoms. The molecule has 6 rings (SSSR count). The van der Waals surface area contributed by atoms with Crippen molar-refractivity contribution in [3.05, 3.63) is 42.9 Å². The van der Waals surface area contributed by atoms with Crippen molar-refractivity contribution < 1.29 is 4.74 Å². The number of fused-ring (bicyclic) bond motifs is 2. The second-order valence-electron chi connectivity index (χ2n) is 7.95. The van der Waals surface area contributed by atoms with Crippen LogP contribution >= 0.6 is 0 Å². The maximum atomic E-state index is 5.51. The van der Waals surface area contributed by atoms with Crippen molar-refractivity contribution >= 4 is 28.5 Å². The zero-order chi connectivity index (χ0) is 19.2. The van der Waals surface area contributed by atoms with Crippen molar-refractivity contribution in [1.82, 2.24) is 19.9 Å². The highest BCUT2D eigenvalue weighted by molar-refractivity contribution is 5.92. The number of pyridine rings is 2. The Kier molecular flexibility index (Phi) is 3.97. The minimum Gasteiger partial charge on any atom is -0.378 e. The molecule has 1 unspecified atom stereocenters. The molecular formula is C21H23N7O. The number of nitrogens with one attached hydrogen (secondary N) is 1. The van der Waals surface area contributed by atoms with Crippen molar-refractivity contribution in [2.24, 2.45) is 11.8 Å². The monoisotopic (exact) mass is 389 g/mol. The summed E-state index contributed by atoms with van der Waals surface area (Å²) in [5, 5.41) is 4.61. The van der Waals surface area contributed by atoms with E-state index in [-0.39, 0.29) is 0 Å². The Morgan fingerprint density at radius 2 is 1.69 bits per heavy atom. The average molecular weight is 389 g/mol. The molecule has 3 aromatic heterocycles. The zero-order valence-corrected chi connectivity index (χ0v) is 16.1. The first-order valence-corrected chi connectivity index (χ1v) is 10.2. The molecule has 8 heteroatoms. The molecule has 0 aromatic carbocycles. The quantitative estimate of drug-likeness (QED) is 0.724. The van der Waals surface area contributed by atoms with E-state index in [9.17, 15) is 0 Å². The van der Waals surface area contributed by atoms with Crippen LogP contribution in [-0.2, 0) is 4.74 Å². The van der Waals surface area contributed by atoms with E-state index in [0.29, 0.717) is 17.9 Å². The molecule has 3 atom stereocenters. The summed E-state index contributed by atoms with van der Waals surface area (Å²) in [4.78, 5) is 23.0. The molecule has 0 bridgehead atoms. The highest BCUT2D eigenvalue weighted by Gasteiger charge is 2.56. The van der Waals surface area contributed by atoms with Crippen LogP contribution in [-0.4, -0.2) is 65.4 Å². The first-order chi connectivity index (χ1) is 14.4. The van der Waals surface area contributed by atoms with Crippen LogP contribution < -0.4 is 15.1 Å². The summed E-state index contributed by atoms with van der Waals surface area (Å²) in [6.07, 6.45) is 5.41. The van der Waals surface area contributed by atoms with E-state index in [1.807, 2.05) is 18.3 Å². The van der Waals surface area contributed by atoms with Gasteiger partial charge < -0.3 is 19.9 Å². The number of hydrogen-bond donors (Lipinski definition) is 1. The standard InChI is InChI=1S/C21H23N7O/c1-3-14-17(22-4-1)11-18(27-7-9-29-10-8-27)25-20(14)28-12-15-16(13-28)19(15)26-21-23-5-2-6-24-21/h1-6,11,15-16,19H,7-10,12-13H2,(H,23,24,26)/t15-,16+,19?. The lowest BCUT2D eigenvalue weighted by Crippen LogP contribution is -2.37. The second kappa shape index (κ2) is 6.81. The Hall–Kier alpha value is -3.00. The van der Waals surface area contributed by atoms with Gasteiger partial charge in [-0.05, 0) is 18.2 Å². The molecule has 1 aliphatic carbocycles. The number of rotatable bonds is 4. The molecule has 8 nitrogen and oxygen atoms in total. The van der Waals surface area contributed by atoms with E-state index < -0.39 is 0 Å². The first-order valence-electron chi connectivity index (χ1n) is 10.2. The summed E-state index contributed by atoms with van der Waals surface area (Å²) in [5.41, 5.74) is 1.01. The lowest BCUT2D eigenvalue weighted by Gasteiger charge is -2.30. The largest absolute Gasteiger partial charge is 0.378 e. The highest BCUT2D eigenvalue weighted by atomic mass is 16.5. The fourth-order valence-electron chi connectivity index (χ4n) is 4.68. The van der Waals surface area contributed by atoms with E-state index in [2.05, 4.69) is 42.2 Å². The number of anilines is 3. The van der Waals surface area contributed by atoms with Crippen LogP contribution in [0, 0.1) is 11.8 Å². The van der Waals surface area contributed by atoms with Crippen LogP contribution in [0.2, 0.25) is 0 Å². The third-order valence-corrected chi connectivity index (χ3v) is 6.26. The molecule has 0 radical (unpaired) electrons. The molecule has 3 aromatic rings. The summed E-state index contributed by atoms with van der Waals surface area (Å²) in [5.74, 6) is 4.00. The van der Waals surface area contributed by atoms with E-state index in [0.717, 1.165) is 67.9 Å². The molecule has 0 spiro atoms. The zero-order valence-electron chi connectivity index (χ0n) is 16.1. The first kappa shape index (κ1) is 16.9. The fourth-order valence-corrected chi connectivity index (χ4v) is 4.68. The van der Waals surface area contributed by atoms with Crippen LogP contribution in [0.4, 0.5) is 17.6 Å². The summed E-state index contributed by atoms with van der Waals surface area (Å²) in [7, 11) is 0. The predicted molar refractivity (Wildman–Crippen MR) is 111 cm³/mol. The van der Waals surface area contributed by atoms with Gasteiger partial charge in [-0.3, -0.25) is 4.98 Å². The van der Waals surface area contributed by atoms with Crippen molar-refractivity contribution in [1.29, 1.82) is 0 Å². The van der Waals surface area contributed by atoms with Crippen LogP contribution in [0.25, 0.3) is 10.9 Å². The van der Waals surface area contributed by atoms with Crippen LogP contribution in [0.1, 0.15) is 0 Å². The second-order valence-corrected chi connectivity index (χ2v) is 7.95. The van der Waals surface area contributed by atoms with E-state index in [1.165, 1.54) is 0 Å². The van der Waals surface area contributed by atoms with Crippen LogP contribution in [0.3, 0.4) is 0 Å². The smallest absolute Gasteiger partial charge is 0.222 e. The highest BCUT2D eigenvalue weighted by Crippen LogP contribution is 2.48. The summed E-state index contributed by atoms with van der Waals surface area (Å²) in [6.45, 7) is 5.25. The van der Waals surface area contributed by atoms with Gasteiger partial charge in [-0.15, -0.1) is 0 Å². The Morgan fingerprint density at radius 1 is 0.931 bits per heavy atom. The van der Waals surface area contributed by atoms with E-state index >= 15 is 0 Å². The van der Waals surface area contributed by atoms with Gasteiger partial charge in [-0.2, -0.15) is 0 Å². The number of ether oxygens (including phenoxy) is 1. The van der Waals surface area contributed by atoms with Crippen LogP contribution in [0.5, 0.6) is 0 Å². The number of morpholine rings is 1. The lowest BCUT2D eigenvalue weighted by atomic mass is 10.2. The number of aromatic nitrogens is 4. The Morgan fingerprint density at radius 3 is 2.48 bits per heavy atom. The van der Waals surface area contributed by atoms with Gasteiger partial charge in [0.25, 0.3) is 0 Å². The molecule has 5 heterocycles. The normalized spacial score (nSPS) is 25.9. The maximum Gasteiger partial charge on any atom is 0.222 e. The Balaban J connectivity index is 1.25. The van der Waals surface area contributed by atoms with Gasteiger partial charge in [-0.1, -0.05) is 0 Å². The van der Waals surface area contributed by atoms with Crippen molar-refractivity contribution in [3.8, 4) is 0 Å². The lowest BCUT2D eigenvalue weighted by molar-refractivity contribution is 0.122. The number of hydrogen-bond acceptors (Lipinski definition) is 8. The number of piperidine rings is 1. The Bertz CT molecular complexity index is 1010. The van der Waals surface area contributed by atoms with Crippen molar-refractivity contribution in [2.75, 3.05) is 54.5 Å². The average Bonchev–Trinajstić information content (AvgIpc) is 3.21. The molecule has 2 aliphatic heterocycles. The Labute approximate surface area is 168 Å². The minimum atomic E-state index is 0.459. The molecule has 3 fully saturated rings. The predicted octanol–water partition coefficient (Wildman–Crippen LogP) is 1.80. The van der Waals surface area contributed by atoms with Gasteiger partial charge in [0, 0.05) is 74.1 Å². The fraction of sp³-hybridized carbons (Fsp3) is 0.429. The third-order valence-electron chi connectivity index (χ3n) is 6.26. The summed E-state index contributed by atoms with van der Waals surface area (Å²) in [6, 6.07) is 8.53. The van der Waals surface area contributed by atoms with E-state index in [4.69, 9.17) is 9.72 Å². The van der Waals surface area contributed by atoms with Gasteiger partial charge in [0.2, 0.25) is 5.95 Å². The topological polar surface area (TPSA) is 79.3 Å². The SMILES string of the molecule is c1cnc(NC2[C@H]3CN(c4nc(N5CCOCC5)cc5ncccc45)C[C@@H]23)nc1. The van der Waals surface area contributed by atoms with Gasteiger partial charge in [-0.25, -0.2) is 15.0 Å². The van der Waals surface area contributed by atoms with Crippen LogP contribution in [0.15, 0.2) is 42.9 Å². The number of nitrogens with zero attached hydrogens (tertiary/aromatic N) is 6. The van der Waals surface area contributed by atoms with Gasteiger partial charge >= 0.3 is 0 Å². The van der Waals surface area contributed by atoms with Crippen molar-refractivity contribution in [3.63, 3.8) is 0 Å². The van der Waals surface area contributed by atoms with E-state index in [1.54, 1.807) is 12.4 Å². The summed E-state index contributed by atoms with van der Waals surface area (Å²) >= 11 is 0. The van der Waals surface area contributed by atoms with Crippen molar-refractivity contribution in [2.45, 2.75) is 6.04 Å². The van der Waals surface area contributed by atoms with Gasteiger partial charge in [0.15, 0.2) is 0 Å². The molecule has 3 aliphatic rings. The molecule has 148 valence electrons. The van der Waals surface area contributed by atoms with Gasteiger partial charge in [0.05, 0.1) is 18.7 Å². The molecule has 1 saturated carbocycles. The minimum absolute atomic E-state index is 0.459. The summed E-state index contributed by atoms with van der Waals surface area (Å²) < 4.78 is 5.51. The molecule has 1 N–H and O–H groups in total.